The Morgan fingerprint density at radius 2 is 1.75 bits per heavy atom. The van der Waals surface area contributed by atoms with E-state index in [0.717, 1.165) is 16.9 Å². The summed E-state index contributed by atoms with van der Waals surface area (Å²) in [5.41, 5.74) is 1.43. The summed E-state index contributed by atoms with van der Waals surface area (Å²) in [6.07, 6.45) is 3.82. The lowest BCUT2D eigenvalue weighted by molar-refractivity contribution is -0.144. The van der Waals surface area contributed by atoms with Gasteiger partial charge in [0.1, 0.15) is 24.1 Å². The van der Waals surface area contributed by atoms with Crippen LogP contribution in [-0.2, 0) is 20.9 Å². The maximum absolute atomic E-state index is 12.2. The Morgan fingerprint density at radius 3 is 2.44 bits per heavy atom. The largest absolute Gasteiger partial charge is 0.489 e. The lowest BCUT2D eigenvalue weighted by Crippen LogP contribution is -2.43. The van der Waals surface area contributed by atoms with Crippen LogP contribution < -0.4 is 4.74 Å². The number of hydrogen-bond donors (Lipinski definition) is 0. The fourth-order valence-corrected chi connectivity index (χ4v) is 3.30. The van der Waals surface area contributed by atoms with Crippen molar-refractivity contribution in [3.8, 4) is 5.75 Å². The Hall–Kier alpha value is -3.28. The van der Waals surface area contributed by atoms with Gasteiger partial charge in [0.05, 0.1) is 0 Å². The maximum atomic E-state index is 12.2. The number of esters is 1. The van der Waals surface area contributed by atoms with Crippen molar-refractivity contribution in [2.75, 3.05) is 13.1 Å². The minimum absolute atomic E-state index is 0.202. The molecule has 6 nitrogen and oxygen atoms in total. The lowest BCUT2D eigenvalue weighted by Gasteiger charge is -2.33. The van der Waals surface area contributed by atoms with E-state index in [1.165, 1.54) is 6.08 Å². The summed E-state index contributed by atoms with van der Waals surface area (Å²) in [5.74, 6) is 0.343. The first kappa shape index (κ1) is 23.4. The number of likely N-dealkylation sites (tertiary alicyclic amines) is 1. The molecule has 0 N–H and O–H groups in total. The van der Waals surface area contributed by atoms with Crippen LogP contribution in [0.4, 0.5) is 4.79 Å². The van der Waals surface area contributed by atoms with E-state index in [-0.39, 0.29) is 12.2 Å². The highest BCUT2D eigenvalue weighted by atomic mass is 16.6. The van der Waals surface area contributed by atoms with Crippen molar-refractivity contribution < 1.29 is 23.8 Å². The molecule has 1 saturated heterocycles. The first-order valence-electron chi connectivity index (χ1n) is 10.9. The molecule has 3 rings (SSSR count). The minimum Gasteiger partial charge on any atom is -0.489 e. The number of ether oxygens (including phenoxy) is 3. The summed E-state index contributed by atoms with van der Waals surface area (Å²) >= 11 is 0. The van der Waals surface area contributed by atoms with Crippen molar-refractivity contribution >= 4 is 18.1 Å². The molecule has 1 heterocycles. The fraction of sp³-hybridized carbons (Fsp3) is 0.385. The molecular formula is C26H31NO5. The summed E-state index contributed by atoms with van der Waals surface area (Å²) in [6, 6.07) is 17.5. The van der Waals surface area contributed by atoms with Gasteiger partial charge in [-0.2, -0.15) is 0 Å². The van der Waals surface area contributed by atoms with Crippen LogP contribution in [0.2, 0.25) is 0 Å². The van der Waals surface area contributed by atoms with Crippen molar-refractivity contribution in [2.45, 2.75) is 51.9 Å². The molecule has 0 unspecified atom stereocenters. The van der Waals surface area contributed by atoms with Gasteiger partial charge in [-0.15, -0.1) is 0 Å². The third-order valence-electron chi connectivity index (χ3n) is 4.89. The molecule has 1 fully saturated rings. The van der Waals surface area contributed by atoms with Crippen LogP contribution in [0.15, 0.2) is 60.7 Å². The summed E-state index contributed by atoms with van der Waals surface area (Å²) in [4.78, 5) is 26.0. The fourth-order valence-electron chi connectivity index (χ4n) is 3.30. The summed E-state index contributed by atoms with van der Waals surface area (Å²) in [6.45, 7) is 7.04. The number of benzene rings is 2. The van der Waals surface area contributed by atoms with Gasteiger partial charge in [-0.25, -0.2) is 9.59 Å². The van der Waals surface area contributed by atoms with Crippen molar-refractivity contribution in [2.24, 2.45) is 0 Å². The molecule has 0 spiro atoms. The monoisotopic (exact) mass is 437 g/mol. The number of carbonyl (C=O) groups excluding carboxylic acids is 2. The molecule has 6 heteroatoms. The lowest BCUT2D eigenvalue weighted by atomic mass is 10.1. The highest BCUT2D eigenvalue weighted by molar-refractivity contribution is 5.87. The van der Waals surface area contributed by atoms with E-state index in [4.69, 9.17) is 14.2 Å². The van der Waals surface area contributed by atoms with Crippen LogP contribution in [-0.4, -0.2) is 41.8 Å². The number of piperidine rings is 1. The number of amides is 1. The highest BCUT2D eigenvalue weighted by Crippen LogP contribution is 2.19. The Labute approximate surface area is 189 Å². The zero-order valence-corrected chi connectivity index (χ0v) is 19.0. The quantitative estimate of drug-likeness (QED) is 0.458. The molecule has 0 aromatic heterocycles. The van der Waals surface area contributed by atoms with Gasteiger partial charge in [0, 0.05) is 32.0 Å². The van der Waals surface area contributed by atoms with Crippen LogP contribution in [0.25, 0.3) is 6.08 Å². The molecule has 2 aromatic rings. The van der Waals surface area contributed by atoms with Gasteiger partial charge in [-0.3, -0.25) is 0 Å². The van der Waals surface area contributed by atoms with Gasteiger partial charge >= 0.3 is 12.1 Å². The van der Waals surface area contributed by atoms with Crippen molar-refractivity contribution in [3.63, 3.8) is 0 Å². The smallest absolute Gasteiger partial charge is 0.410 e. The predicted octanol–water partition coefficient (Wildman–Crippen LogP) is 5.22. The molecule has 1 aliphatic rings. The van der Waals surface area contributed by atoms with Gasteiger partial charge in [0.15, 0.2) is 0 Å². The minimum atomic E-state index is -0.519. The zero-order chi connectivity index (χ0) is 23.0. The summed E-state index contributed by atoms with van der Waals surface area (Å²) < 4.78 is 16.8. The number of nitrogens with zero attached hydrogens (tertiary/aromatic N) is 1. The van der Waals surface area contributed by atoms with E-state index in [2.05, 4.69) is 0 Å². The van der Waals surface area contributed by atoms with Crippen LogP contribution >= 0.6 is 0 Å². The summed E-state index contributed by atoms with van der Waals surface area (Å²) in [7, 11) is 0. The molecule has 0 radical (unpaired) electrons. The Morgan fingerprint density at radius 1 is 1.03 bits per heavy atom. The topological polar surface area (TPSA) is 65.1 Å². The third-order valence-corrected chi connectivity index (χ3v) is 4.89. The Kier molecular flexibility index (Phi) is 7.92. The van der Waals surface area contributed by atoms with E-state index in [9.17, 15) is 9.59 Å². The first-order chi connectivity index (χ1) is 15.3. The van der Waals surface area contributed by atoms with E-state index in [0.29, 0.717) is 32.5 Å². The van der Waals surface area contributed by atoms with Crippen LogP contribution in [0.3, 0.4) is 0 Å². The zero-order valence-electron chi connectivity index (χ0n) is 19.0. The molecule has 0 aliphatic carbocycles. The van der Waals surface area contributed by atoms with Gasteiger partial charge in [-0.1, -0.05) is 42.5 Å². The molecular weight excluding hydrogens is 406 g/mol. The number of rotatable bonds is 6. The molecule has 0 bridgehead atoms. The average molecular weight is 438 g/mol. The second kappa shape index (κ2) is 10.8. The summed E-state index contributed by atoms with van der Waals surface area (Å²) in [5, 5.41) is 0. The molecule has 1 amide bonds. The van der Waals surface area contributed by atoms with Gasteiger partial charge in [0.2, 0.25) is 0 Å². The van der Waals surface area contributed by atoms with Crippen molar-refractivity contribution in [3.05, 3.63) is 71.8 Å². The van der Waals surface area contributed by atoms with E-state index >= 15 is 0 Å². The third kappa shape index (κ3) is 7.76. The van der Waals surface area contributed by atoms with Crippen LogP contribution in [0.1, 0.15) is 44.7 Å². The van der Waals surface area contributed by atoms with Crippen molar-refractivity contribution in [1.29, 1.82) is 0 Å². The first-order valence-corrected chi connectivity index (χ1v) is 10.9. The van der Waals surface area contributed by atoms with E-state index in [1.54, 1.807) is 11.0 Å². The average Bonchev–Trinajstić information content (AvgIpc) is 2.77. The number of carbonyl (C=O) groups is 2. The van der Waals surface area contributed by atoms with Crippen LogP contribution in [0, 0.1) is 0 Å². The Balaban J connectivity index is 1.44. The van der Waals surface area contributed by atoms with Gasteiger partial charge < -0.3 is 19.1 Å². The van der Waals surface area contributed by atoms with Gasteiger partial charge in [0.25, 0.3) is 0 Å². The van der Waals surface area contributed by atoms with Crippen LogP contribution in [0.5, 0.6) is 5.75 Å². The second-order valence-electron chi connectivity index (χ2n) is 8.78. The molecule has 0 atom stereocenters. The number of hydrogen-bond acceptors (Lipinski definition) is 5. The Bertz CT molecular complexity index is 925. The predicted molar refractivity (Wildman–Crippen MR) is 123 cm³/mol. The molecule has 0 saturated carbocycles. The SMILES string of the molecule is CC(C)(C)OC(=O)N1CCC(OC(=O)/C=C/c2cccc(OCc3ccccc3)c2)CC1. The molecule has 2 aromatic carbocycles. The van der Waals surface area contributed by atoms with E-state index < -0.39 is 11.6 Å². The molecule has 1 aliphatic heterocycles. The van der Waals surface area contributed by atoms with Crippen molar-refractivity contribution in [1.82, 2.24) is 4.90 Å². The second-order valence-corrected chi connectivity index (χ2v) is 8.78. The normalized spacial score (nSPS) is 14.9. The van der Waals surface area contributed by atoms with Gasteiger partial charge in [-0.05, 0) is 50.1 Å². The van der Waals surface area contributed by atoms with E-state index in [1.807, 2.05) is 75.4 Å². The highest BCUT2D eigenvalue weighted by Gasteiger charge is 2.28. The maximum Gasteiger partial charge on any atom is 0.410 e. The molecule has 170 valence electrons. The molecule has 32 heavy (non-hydrogen) atoms. The standard InChI is InChI=1S/C26H31NO5/c1-26(2,3)32-25(29)27-16-14-22(15-17-27)31-24(28)13-12-20-10-7-11-23(18-20)30-19-21-8-5-4-6-9-21/h4-13,18,22H,14-17,19H2,1-3H3/b13-12+.